The summed E-state index contributed by atoms with van der Waals surface area (Å²) in [5, 5.41) is 10.4. The lowest BCUT2D eigenvalue weighted by Gasteiger charge is -2.18. The topological polar surface area (TPSA) is 98.7 Å². The van der Waals surface area contributed by atoms with E-state index in [2.05, 4.69) is 10.9 Å². The van der Waals surface area contributed by atoms with E-state index in [9.17, 15) is 14.4 Å². The third-order valence-electron chi connectivity index (χ3n) is 2.52. The van der Waals surface area contributed by atoms with Gasteiger partial charge in [-0.3, -0.25) is 30.1 Å². The number of carbonyl (C=O) groups excluding carboxylic acids is 2. The van der Waals surface area contributed by atoms with Gasteiger partial charge in [0.25, 0.3) is 11.8 Å². The lowest BCUT2D eigenvalue weighted by molar-refractivity contribution is -0.137. The van der Waals surface area contributed by atoms with Crippen molar-refractivity contribution >= 4 is 29.1 Å². The average Bonchev–Trinajstić information content (AvgIpc) is 2.94. The van der Waals surface area contributed by atoms with E-state index in [0.29, 0.717) is 11.4 Å². The molecule has 1 heterocycles. The van der Waals surface area contributed by atoms with Crippen LogP contribution >= 0.6 is 11.3 Å². The number of likely N-dealkylation sites (N-methyl/N-ethyl adjacent to an activating group) is 1. The summed E-state index contributed by atoms with van der Waals surface area (Å²) in [5.41, 5.74) is 4.61. The van der Waals surface area contributed by atoms with Crippen molar-refractivity contribution in [1.29, 1.82) is 0 Å². The third kappa shape index (κ3) is 5.81. The lowest BCUT2D eigenvalue weighted by atomic mass is 10.3. The molecule has 110 valence electrons. The van der Waals surface area contributed by atoms with Crippen LogP contribution in [0.3, 0.4) is 0 Å². The number of carboxylic acid groups (broad SMARTS) is 1. The molecule has 0 radical (unpaired) electrons. The first-order valence-electron chi connectivity index (χ1n) is 6.09. The zero-order valence-corrected chi connectivity index (χ0v) is 11.9. The van der Waals surface area contributed by atoms with Crippen molar-refractivity contribution in [3.63, 3.8) is 0 Å². The molecule has 0 bridgehead atoms. The molecule has 8 heteroatoms. The molecule has 0 aliphatic rings. The Morgan fingerprint density at radius 2 is 2.10 bits per heavy atom. The number of hydrazine groups is 1. The summed E-state index contributed by atoms with van der Waals surface area (Å²) in [6.45, 7) is 2.71. The van der Waals surface area contributed by atoms with Gasteiger partial charge in [0, 0.05) is 6.54 Å². The second kappa shape index (κ2) is 8.28. The smallest absolute Gasteiger partial charge is 0.304 e. The quantitative estimate of drug-likeness (QED) is 0.629. The highest BCUT2D eigenvalue weighted by molar-refractivity contribution is 7.12. The molecule has 0 aromatic carbocycles. The van der Waals surface area contributed by atoms with Gasteiger partial charge in [-0.1, -0.05) is 13.0 Å². The van der Waals surface area contributed by atoms with Crippen molar-refractivity contribution in [2.75, 3.05) is 19.6 Å². The Hall–Kier alpha value is -1.93. The van der Waals surface area contributed by atoms with Crippen LogP contribution < -0.4 is 10.9 Å². The number of carboxylic acids is 1. The Labute approximate surface area is 120 Å². The summed E-state index contributed by atoms with van der Waals surface area (Å²) in [6, 6.07) is 3.39. The number of rotatable bonds is 7. The fourth-order valence-corrected chi connectivity index (χ4v) is 2.06. The van der Waals surface area contributed by atoms with Crippen LogP contribution in [0.5, 0.6) is 0 Å². The van der Waals surface area contributed by atoms with Crippen LogP contribution in [0.15, 0.2) is 17.5 Å². The van der Waals surface area contributed by atoms with Gasteiger partial charge in [0.1, 0.15) is 0 Å². The highest BCUT2D eigenvalue weighted by Crippen LogP contribution is 2.06. The van der Waals surface area contributed by atoms with Crippen molar-refractivity contribution in [2.24, 2.45) is 0 Å². The summed E-state index contributed by atoms with van der Waals surface area (Å²) in [5.74, 6) is -1.67. The molecule has 1 rings (SSSR count). The van der Waals surface area contributed by atoms with Gasteiger partial charge in [-0.25, -0.2) is 0 Å². The van der Waals surface area contributed by atoms with Gasteiger partial charge < -0.3 is 5.11 Å². The third-order valence-corrected chi connectivity index (χ3v) is 3.39. The van der Waals surface area contributed by atoms with E-state index in [1.807, 2.05) is 6.92 Å². The normalized spacial score (nSPS) is 10.3. The standard InChI is InChI=1S/C12H17N3O4S/c1-2-15(6-5-11(17)18)8-10(16)13-14-12(19)9-4-3-7-20-9/h3-4,7H,2,5-6,8H2,1H3,(H,13,16)(H,14,19)(H,17,18). The first kappa shape index (κ1) is 16.1. The second-order valence-electron chi connectivity index (χ2n) is 3.99. The lowest BCUT2D eigenvalue weighted by Crippen LogP contribution is -2.46. The number of nitrogens with one attached hydrogen (secondary N) is 2. The van der Waals surface area contributed by atoms with E-state index in [0.717, 1.165) is 0 Å². The molecule has 0 aliphatic carbocycles. The van der Waals surface area contributed by atoms with E-state index in [1.165, 1.54) is 11.3 Å². The van der Waals surface area contributed by atoms with Gasteiger partial charge in [-0.2, -0.15) is 0 Å². The van der Waals surface area contributed by atoms with Crippen LogP contribution in [0.25, 0.3) is 0 Å². The van der Waals surface area contributed by atoms with Gasteiger partial charge in [0.05, 0.1) is 17.8 Å². The molecule has 0 fully saturated rings. The van der Waals surface area contributed by atoms with Crippen molar-refractivity contribution in [3.05, 3.63) is 22.4 Å². The fraction of sp³-hybridized carbons (Fsp3) is 0.417. The molecule has 20 heavy (non-hydrogen) atoms. The van der Waals surface area contributed by atoms with Gasteiger partial charge in [0.2, 0.25) is 0 Å². The first-order valence-corrected chi connectivity index (χ1v) is 6.97. The molecule has 7 nitrogen and oxygen atoms in total. The maximum atomic E-state index is 11.6. The van der Waals surface area contributed by atoms with Crippen molar-refractivity contribution < 1.29 is 19.5 Å². The highest BCUT2D eigenvalue weighted by atomic mass is 32.1. The van der Waals surface area contributed by atoms with E-state index < -0.39 is 5.97 Å². The first-order chi connectivity index (χ1) is 9.52. The fourth-order valence-electron chi connectivity index (χ4n) is 1.44. The average molecular weight is 299 g/mol. The van der Waals surface area contributed by atoms with Crippen LogP contribution in [-0.2, 0) is 9.59 Å². The monoisotopic (exact) mass is 299 g/mol. The Morgan fingerprint density at radius 3 is 2.65 bits per heavy atom. The minimum absolute atomic E-state index is 0.0251. The summed E-state index contributed by atoms with van der Waals surface area (Å²) >= 11 is 1.27. The number of nitrogens with zero attached hydrogens (tertiary/aromatic N) is 1. The number of amides is 2. The largest absolute Gasteiger partial charge is 0.481 e. The van der Waals surface area contributed by atoms with Gasteiger partial charge in [-0.15, -0.1) is 11.3 Å². The minimum Gasteiger partial charge on any atom is -0.481 e. The van der Waals surface area contributed by atoms with E-state index in [4.69, 9.17) is 5.11 Å². The summed E-state index contributed by atoms with van der Waals surface area (Å²) in [4.78, 5) is 35.8. The Kier molecular flexibility index (Phi) is 6.68. The zero-order chi connectivity index (χ0) is 15.0. The number of aliphatic carboxylic acids is 1. The SMILES string of the molecule is CCN(CCC(=O)O)CC(=O)NNC(=O)c1cccs1. The molecule has 0 unspecified atom stereocenters. The van der Waals surface area contributed by atoms with Crippen LogP contribution in [0.4, 0.5) is 0 Å². The molecule has 1 aromatic rings. The van der Waals surface area contributed by atoms with Crippen LogP contribution in [0, 0.1) is 0 Å². The van der Waals surface area contributed by atoms with Gasteiger partial charge >= 0.3 is 5.97 Å². The molecule has 2 amide bonds. The van der Waals surface area contributed by atoms with Crippen molar-refractivity contribution in [3.8, 4) is 0 Å². The van der Waals surface area contributed by atoms with E-state index >= 15 is 0 Å². The maximum absolute atomic E-state index is 11.6. The van der Waals surface area contributed by atoms with E-state index in [1.54, 1.807) is 22.4 Å². The number of carbonyl (C=O) groups is 3. The van der Waals surface area contributed by atoms with Crippen LogP contribution in [0.2, 0.25) is 0 Å². The molecule has 0 saturated heterocycles. The predicted octanol–water partition coefficient (Wildman–Crippen LogP) is 0.306. The van der Waals surface area contributed by atoms with Crippen molar-refractivity contribution in [2.45, 2.75) is 13.3 Å². The maximum Gasteiger partial charge on any atom is 0.304 e. The summed E-state index contributed by atoms with van der Waals surface area (Å²) < 4.78 is 0. The van der Waals surface area contributed by atoms with Crippen molar-refractivity contribution in [1.82, 2.24) is 15.8 Å². The number of hydrogen-bond donors (Lipinski definition) is 3. The molecule has 0 aliphatic heterocycles. The minimum atomic E-state index is -0.908. The molecule has 3 N–H and O–H groups in total. The number of hydrogen-bond acceptors (Lipinski definition) is 5. The molecule has 0 spiro atoms. The molecule has 0 atom stereocenters. The predicted molar refractivity (Wildman–Crippen MR) is 74.3 cm³/mol. The van der Waals surface area contributed by atoms with Gasteiger partial charge in [-0.05, 0) is 18.0 Å². The Bertz CT molecular complexity index is 461. The van der Waals surface area contributed by atoms with Crippen LogP contribution in [-0.4, -0.2) is 47.4 Å². The summed E-state index contributed by atoms with van der Waals surface area (Å²) in [6.07, 6.45) is -0.0251. The Balaban J connectivity index is 2.31. The Morgan fingerprint density at radius 1 is 1.35 bits per heavy atom. The van der Waals surface area contributed by atoms with Crippen LogP contribution in [0.1, 0.15) is 23.0 Å². The number of thiophene rings is 1. The molecular weight excluding hydrogens is 282 g/mol. The van der Waals surface area contributed by atoms with Gasteiger partial charge in [0.15, 0.2) is 0 Å². The zero-order valence-electron chi connectivity index (χ0n) is 11.1. The highest BCUT2D eigenvalue weighted by Gasteiger charge is 2.12. The molecule has 1 aromatic heterocycles. The molecular formula is C12H17N3O4S. The molecule has 0 saturated carbocycles. The van der Waals surface area contributed by atoms with E-state index in [-0.39, 0.29) is 31.3 Å². The summed E-state index contributed by atoms with van der Waals surface area (Å²) in [7, 11) is 0. The second-order valence-corrected chi connectivity index (χ2v) is 4.94.